The zero-order valence-electron chi connectivity index (χ0n) is 8.48. The second-order valence-corrected chi connectivity index (χ2v) is 4.95. The van der Waals surface area contributed by atoms with Crippen molar-refractivity contribution in [3.8, 4) is 0 Å². The van der Waals surface area contributed by atoms with Crippen molar-refractivity contribution < 1.29 is 9.90 Å². The van der Waals surface area contributed by atoms with Crippen LogP contribution < -0.4 is 0 Å². The minimum Gasteiger partial charge on any atom is -0.481 e. The summed E-state index contributed by atoms with van der Waals surface area (Å²) >= 11 is 1.97. The fourth-order valence-corrected chi connectivity index (χ4v) is 2.54. The molecule has 0 unspecified atom stereocenters. The number of benzene rings is 1. The van der Waals surface area contributed by atoms with E-state index in [0.29, 0.717) is 12.3 Å². The molecule has 0 aromatic heterocycles. The number of hydrogen-bond donors (Lipinski definition) is 1. The average Bonchev–Trinajstić information content (AvgIpc) is 2.13. The zero-order valence-corrected chi connectivity index (χ0v) is 9.30. The summed E-state index contributed by atoms with van der Waals surface area (Å²) in [6.45, 7) is 0. The molecular weight excluding hydrogens is 208 g/mol. The number of aryl methyl sites for hydroxylation is 1. The lowest BCUT2D eigenvalue weighted by atomic mass is 9.98. The molecule has 1 aromatic carbocycles. The fraction of sp³-hybridized carbons (Fsp3) is 0.417. The molecule has 0 amide bonds. The van der Waals surface area contributed by atoms with E-state index in [-0.39, 0.29) is 6.42 Å². The standard InChI is InChI=1S/C12H14O2S/c13-12(14)5-4-9-2-1-3-10(6-9)11-7-15-8-11/h1-3,6,11H,4-5,7-8H2,(H,13,14). The average molecular weight is 222 g/mol. The molecule has 0 bridgehead atoms. The number of carboxylic acids is 1. The van der Waals surface area contributed by atoms with Crippen LogP contribution in [0.15, 0.2) is 24.3 Å². The maximum atomic E-state index is 10.5. The molecule has 2 rings (SSSR count). The van der Waals surface area contributed by atoms with Gasteiger partial charge in [0.1, 0.15) is 0 Å². The number of aliphatic carboxylic acids is 1. The second kappa shape index (κ2) is 4.71. The lowest BCUT2D eigenvalue weighted by molar-refractivity contribution is -0.136. The summed E-state index contributed by atoms with van der Waals surface area (Å²) in [5, 5.41) is 8.61. The van der Waals surface area contributed by atoms with Gasteiger partial charge in [0, 0.05) is 23.8 Å². The minimum absolute atomic E-state index is 0.225. The SMILES string of the molecule is O=C(O)CCc1cccc(C2CSC2)c1. The summed E-state index contributed by atoms with van der Waals surface area (Å²) in [6, 6.07) is 8.36. The number of hydrogen-bond acceptors (Lipinski definition) is 2. The van der Waals surface area contributed by atoms with E-state index in [9.17, 15) is 4.79 Å². The zero-order chi connectivity index (χ0) is 10.7. The van der Waals surface area contributed by atoms with Crippen molar-refractivity contribution in [1.29, 1.82) is 0 Å². The largest absolute Gasteiger partial charge is 0.481 e. The molecule has 1 saturated heterocycles. The molecule has 0 spiro atoms. The molecule has 0 atom stereocenters. The van der Waals surface area contributed by atoms with E-state index in [1.54, 1.807) is 0 Å². The van der Waals surface area contributed by atoms with Crippen LogP contribution in [0.3, 0.4) is 0 Å². The van der Waals surface area contributed by atoms with E-state index >= 15 is 0 Å². The minimum atomic E-state index is -0.723. The molecule has 1 aromatic rings. The summed E-state index contributed by atoms with van der Waals surface area (Å²) < 4.78 is 0. The van der Waals surface area contributed by atoms with Crippen molar-refractivity contribution in [2.24, 2.45) is 0 Å². The Kier molecular flexibility index (Phi) is 3.31. The normalized spacial score (nSPS) is 16.0. The lowest BCUT2D eigenvalue weighted by Crippen LogP contribution is -2.15. The third-order valence-corrected chi connectivity index (χ3v) is 3.96. The first-order chi connectivity index (χ1) is 7.25. The third kappa shape index (κ3) is 2.75. The lowest BCUT2D eigenvalue weighted by Gasteiger charge is -2.25. The first kappa shape index (κ1) is 10.6. The molecule has 1 aliphatic rings. The van der Waals surface area contributed by atoms with Gasteiger partial charge in [-0.05, 0) is 17.5 Å². The number of carboxylic acid groups (broad SMARTS) is 1. The van der Waals surface area contributed by atoms with Gasteiger partial charge in [-0.25, -0.2) is 0 Å². The van der Waals surface area contributed by atoms with Crippen molar-refractivity contribution in [3.05, 3.63) is 35.4 Å². The Bertz CT molecular complexity index is 358. The van der Waals surface area contributed by atoms with Crippen LogP contribution in [0.5, 0.6) is 0 Å². The molecule has 1 N–H and O–H groups in total. The predicted octanol–water partition coefficient (Wildman–Crippen LogP) is 2.53. The van der Waals surface area contributed by atoms with Crippen LogP contribution >= 0.6 is 11.8 Å². The summed E-state index contributed by atoms with van der Waals surface area (Å²) in [7, 11) is 0. The molecule has 0 saturated carbocycles. The van der Waals surface area contributed by atoms with Crippen LogP contribution in [0.1, 0.15) is 23.5 Å². The van der Waals surface area contributed by atoms with Crippen molar-refractivity contribution in [2.75, 3.05) is 11.5 Å². The van der Waals surface area contributed by atoms with E-state index in [4.69, 9.17) is 5.11 Å². The molecule has 80 valence electrons. The number of carbonyl (C=O) groups is 1. The molecule has 1 aliphatic heterocycles. The summed E-state index contributed by atoms with van der Waals surface area (Å²) in [6.07, 6.45) is 0.867. The van der Waals surface area contributed by atoms with Crippen LogP contribution in [-0.2, 0) is 11.2 Å². The third-order valence-electron chi connectivity index (χ3n) is 2.69. The van der Waals surface area contributed by atoms with Crippen molar-refractivity contribution in [2.45, 2.75) is 18.8 Å². The van der Waals surface area contributed by atoms with Crippen LogP contribution in [0.4, 0.5) is 0 Å². The Balaban J connectivity index is 2.01. The molecular formula is C12H14O2S. The smallest absolute Gasteiger partial charge is 0.303 e. The second-order valence-electron chi connectivity index (χ2n) is 3.87. The Labute approximate surface area is 93.7 Å². The van der Waals surface area contributed by atoms with Gasteiger partial charge in [-0.2, -0.15) is 11.8 Å². The highest BCUT2D eigenvalue weighted by molar-refractivity contribution is 8.00. The van der Waals surface area contributed by atoms with E-state index < -0.39 is 5.97 Å². The van der Waals surface area contributed by atoms with Gasteiger partial charge < -0.3 is 5.11 Å². The van der Waals surface area contributed by atoms with Gasteiger partial charge in [0.2, 0.25) is 0 Å². The van der Waals surface area contributed by atoms with Crippen LogP contribution in [0.25, 0.3) is 0 Å². The Hall–Kier alpha value is -0.960. The Morgan fingerprint density at radius 2 is 2.27 bits per heavy atom. The highest BCUT2D eigenvalue weighted by Crippen LogP contribution is 2.34. The Morgan fingerprint density at radius 3 is 2.87 bits per heavy atom. The first-order valence-electron chi connectivity index (χ1n) is 5.14. The van der Waals surface area contributed by atoms with Gasteiger partial charge in [-0.1, -0.05) is 24.3 Å². The molecule has 0 radical (unpaired) electrons. The van der Waals surface area contributed by atoms with Crippen molar-refractivity contribution in [3.63, 3.8) is 0 Å². The van der Waals surface area contributed by atoms with Gasteiger partial charge >= 0.3 is 5.97 Å². The summed E-state index contributed by atoms with van der Waals surface area (Å²) in [5.74, 6) is 2.39. The van der Waals surface area contributed by atoms with Crippen LogP contribution in [0.2, 0.25) is 0 Å². The first-order valence-corrected chi connectivity index (χ1v) is 6.29. The quantitative estimate of drug-likeness (QED) is 0.850. The monoisotopic (exact) mass is 222 g/mol. The van der Waals surface area contributed by atoms with Gasteiger partial charge in [0.25, 0.3) is 0 Å². The predicted molar refractivity (Wildman–Crippen MR) is 62.5 cm³/mol. The maximum absolute atomic E-state index is 10.5. The van der Waals surface area contributed by atoms with E-state index in [1.165, 1.54) is 17.1 Å². The molecule has 0 aliphatic carbocycles. The van der Waals surface area contributed by atoms with Crippen LogP contribution in [-0.4, -0.2) is 22.6 Å². The maximum Gasteiger partial charge on any atom is 0.303 e. The van der Waals surface area contributed by atoms with Gasteiger partial charge in [0.05, 0.1) is 0 Å². The van der Waals surface area contributed by atoms with E-state index in [0.717, 1.165) is 5.56 Å². The molecule has 1 fully saturated rings. The molecule has 1 heterocycles. The van der Waals surface area contributed by atoms with Crippen LogP contribution in [0, 0.1) is 0 Å². The van der Waals surface area contributed by atoms with Gasteiger partial charge in [-0.3, -0.25) is 4.79 Å². The number of thioether (sulfide) groups is 1. The summed E-state index contributed by atoms with van der Waals surface area (Å²) in [5.41, 5.74) is 2.52. The van der Waals surface area contributed by atoms with Gasteiger partial charge in [0.15, 0.2) is 0 Å². The van der Waals surface area contributed by atoms with Crippen molar-refractivity contribution in [1.82, 2.24) is 0 Å². The number of rotatable bonds is 4. The fourth-order valence-electron chi connectivity index (χ4n) is 1.68. The molecule has 3 heteroatoms. The van der Waals surface area contributed by atoms with E-state index in [1.807, 2.05) is 23.9 Å². The molecule has 2 nitrogen and oxygen atoms in total. The summed E-state index contributed by atoms with van der Waals surface area (Å²) in [4.78, 5) is 10.5. The van der Waals surface area contributed by atoms with Gasteiger partial charge in [-0.15, -0.1) is 0 Å². The van der Waals surface area contributed by atoms with E-state index in [2.05, 4.69) is 12.1 Å². The Morgan fingerprint density at radius 1 is 1.47 bits per heavy atom. The topological polar surface area (TPSA) is 37.3 Å². The van der Waals surface area contributed by atoms with Crippen molar-refractivity contribution >= 4 is 17.7 Å². The molecule has 15 heavy (non-hydrogen) atoms. The highest BCUT2D eigenvalue weighted by atomic mass is 32.2. The highest BCUT2D eigenvalue weighted by Gasteiger charge is 2.19.